The van der Waals surface area contributed by atoms with Crippen LogP contribution in [0.2, 0.25) is 0 Å². The van der Waals surface area contributed by atoms with Gasteiger partial charge in [-0.3, -0.25) is 4.79 Å². The summed E-state index contributed by atoms with van der Waals surface area (Å²) >= 11 is 0. The molecule has 5 nitrogen and oxygen atoms in total. The zero-order valence-corrected chi connectivity index (χ0v) is 9.69. The molecule has 5 heteroatoms. The van der Waals surface area contributed by atoms with Crippen LogP contribution in [0, 0.1) is 0 Å². The third kappa shape index (κ3) is 5.70. The Labute approximate surface area is 96.5 Å². The third-order valence-electron chi connectivity index (χ3n) is 2.85. The van der Waals surface area contributed by atoms with E-state index in [9.17, 15) is 4.79 Å². The molecule has 1 amide bonds. The summed E-state index contributed by atoms with van der Waals surface area (Å²) < 4.78 is 0. The first kappa shape index (κ1) is 13.0. The molecule has 16 heavy (non-hydrogen) atoms. The summed E-state index contributed by atoms with van der Waals surface area (Å²) in [5.74, 6) is -0.338. The maximum Gasteiger partial charge on any atom is 0.265 e. The number of likely N-dealkylation sites (tertiary alicyclic amines) is 1. The van der Waals surface area contributed by atoms with Gasteiger partial charge >= 0.3 is 0 Å². The first-order valence-electron chi connectivity index (χ1n) is 6.00. The molecule has 0 aromatic carbocycles. The van der Waals surface area contributed by atoms with E-state index in [1.165, 1.54) is 32.1 Å². The summed E-state index contributed by atoms with van der Waals surface area (Å²) in [4.78, 5) is 13.4. The van der Waals surface area contributed by atoms with Gasteiger partial charge in [-0.1, -0.05) is 24.4 Å². The molecule has 0 atom stereocenters. The van der Waals surface area contributed by atoms with Crippen LogP contribution in [0.1, 0.15) is 32.1 Å². The van der Waals surface area contributed by atoms with E-state index >= 15 is 0 Å². The van der Waals surface area contributed by atoms with Crippen LogP contribution in [-0.4, -0.2) is 48.4 Å². The van der Waals surface area contributed by atoms with Gasteiger partial charge in [0.15, 0.2) is 0 Å². The van der Waals surface area contributed by atoms with Gasteiger partial charge < -0.3 is 15.4 Å². The molecular weight excluding hydrogens is 206 g/mol. The number of nitrogens with one attached hydrogen (secondary N) is 1. The maximum absolute atomic E-state index is 11.0. The predicted octanol–water partition coefficient (Wildman–Crippen LogP) is 0.829. The fourth-order valence-corrected chi connectivity index (χ4v) is 1.97. The van der Waals surface area contributed by atoms with Crippen LogP contribution in [0.5, 0.6) is 0 Å². The average Bonchev–Trinajstić information content (AvgIpc) is 2.21. The van der Waals surface area contributed by atoms with Gasteiger partial charge in [-0.05, 0) is 25.9 Å². The minimum atomic E-state index is -0.338. The summed E-state index contributed by atoms with van der Waals surface area (Å²) in [5.41, 5.74) is 0. The van der Waals surface area contributed by atoms with Crippen LogP contribution in [-0.2, 0) is 4.79 Å². The molecule has 1 aliphatic heterocycles. The lowest BCUT2D eigenvalue weighted by molar-refractivity contribution is -0.114. The van der Waals surface area contributed by atoms with Crippen molar-refractivity contribution in [1.82, 2.24) is 10.2 Å². The van der Waals surface area contributed by atoms with Gasteiger partial charge in [0.2, 0.25) is 0 Å². The summed E-state index contributed by atoms with van der Waals surface area (Å²) in [6.45, 7) is 3.75. The van der Waals surface area contributed by atoms with E-state index in [-0.39, 0.29) is 5.91 Å². The van der Waals surface area contributed by atoms with Crippen LogP contribution in [0.4, 0.5) is 0 Å². The van der Waals surface area contributed by atoms with Crippen LogP contribution in [0.15, 0.2) is 5.16 Å². The van der Waals surface area contributed by atoms with E-state index in [1.54, 1.807) is 0 Å². The number of hydrogen-bond acceptors (Lipinski definition) is 4. The normalized spacial score (nSPS) is 19.2. The van der Waals surface area contributed by atoms with E-state index in [1.807, 2.05) is 0 Å². The molecule has 0 aliphatic carbocycles. The Hall–Kier alpha value is -1.10. The van der Waals surface area contributed by atoms with Crippen molar-refractivity contribution in [1.29, 1.82) is 0 Å². The van der Waals surface area contributed by atoms with Crippen molar-refractivity contribution in [2.45, 2.75) is 32.1 Å². The zero-order valence-electron chi connectivity index (χ0n) is 9.69. The molecule has 0 aromatic heterocycles. The molecule has 1 heterocycles. The molecular formula is C11H21N3O2. The first-order chi connectivity index (χ1) is 7.83. The van der Waals surface area contributed by atoms with Crippen molar-refractivity contribution >= 4 is 12.1 Å². The molecule has 1 saturated heterocycles. The van der Waals surface area contributed by atoms with Gasteiger partial charge in [-0.15, -0.1) is 0 Å². The number of carbonyl (C=O) groups excluding carboxylic acids is 1. The van der Waals surface area contributed by atoms with Gasteiger partial charge in [0.05, 0.1) is 0 Å². The topological polar surface area (TPSA) is 64.9 Å². The van der Waals surface area contributed by atoms with Gasteiger partial charge in [0, 0.05) is 13.1 Å². The van der Waals surface area contributed by atoms with E-state index in [2.05, 4.69) is 15.4 Å². The Morgan fingerprint density at radius 2 is 1.88 bits per heavy atom. The molecule has 0 aromatic rings. The number of carbonyl (C=O) groups is 1. The molecule has 0 saturated carbocycles. The summed E-state index contributed by atoms with van der Waals surface area (Å²) in [6.07, 6.45) is 7.39. The monoisotopic (exact) mass is 227 g/mol. The maximum atomic E-state index is 11.0. The molecule has 0 unspecified atom stereocenters. The van der Waals surface area contributed by atoms with Crippen molar-refractivity contribution in [3.8, 4) is 0 Å². The van der Waals surface area contributed by atoms with Crippen molar-refractivity contribution in [3.05, 3.63) is 0 Å². The minimum absolute atomic E-state index is 0.338. The smallest absolute Gasteiger partial charge is 0.265 e. The highest BCUT2D eigenvalue weighted by molar-refractivity contribution is 6.25. The number of rotatable bonds is 4. The standard InChI is InChI=1S/C11H21N3O2/c15-11(10-13-16)12-6-9-14-7-4-2-1-3-5-8-14/h10,16H,1-9H2,(H,12,15)/b13-10-. The average molecular weight is 227 g/mol. The highest BCUT2D eigenvalue weighted by Crippen LogP contribution is 2.09. The van der Waals surface area contributed by atoms with Crippen LogP contribution < -0.4 is 5.32 Å². The summed E-state index contributed by atoms with van der Waals surface area (Å²) in [5, 5.41) is 13.5. The van der Waals surface area contributed by atoms with E-state index in [0.29, 0.717) is 6.54 Å². The lowest BCUT2D eigenvalue weighted by Crippen LogP contribution is -2.36. The first-order valence-corrected chi connectivity index (χ1v) is 6.00. The fourth-order valence-electron chi connectivity index (χ4n) is 1.97. The molecule has 1 aliphatic rings. The second-order valence-electron chi connectivity index (χ2n) is 4.15. The Morgan fingerprint density at radius 3 is 2.50 bits per heavy atom. The minimum Gasteiger partial charge on any atom is -0.411 e. The highest BCUT2D eigenvalue weighted by atomic mass is 16.4. The van der Waals surface area contributed by atoms with Crippen LogP contribution in [0.25, 0.3) is 0 Å². The lowest BCUT2D eigenvalue weighted by Gasteiger charge is -2.24. The Morgan fingerprint density at radius 1 is 1.25 bits per heavy atom. The summed E-state index contributed by atoms with van der Waals surface area (Å²) in [7, 11) is 0. The van der Waals surface area contributed by atoms with Crippen molar-refractivity contribution in [3.63, 3.8) is 0 Å². The zero-order chi connectivity index (χ0) is 11.6. The summed E-state index contributed by atoms with van der Waals surface area (Å²) in [6, 6.07) is 0. The van der Waals surface area contributed by atoms with Crippen LogP contribution >= 0.6 is 0 Å². The molecule has 2 N–H and O–H groups in total. The second-order valence-corrected chi connectivity index (χ2v) is 4.15. The van der Waals surface area contributed by atoms with Crippen molar-refractivity contribution < 1.29 is 10.0 Å². The van der Waals surface area contributed by atoms with Gasteiger partial charge in [0.1, 0.15) is 6.21 Å². The van der Waals surface area contributed by atoms with Crippen LogP contribution in [0.3, 0.4) is 0 Å². The molecule has 0 spiro atoms. The van der Waals surface area contributed by atoms with Gasteiger partial charge in [-0.25, -0.2) is 0 Å². The van der Waals surface area contributed by atoms with Gasteiger partial charge in [0.25, 0.3) is 5.91 Å². The predicted molar refractivity (Wildman–Crippen MR) is 62.8 cm³/mol. The Balaban J connectivity index is 2.12. The lowest BCUT2D eigenvalue weighted by atomic mass is 10.1. The molecule has 0 bridgehead atoms. The van der Waals surface area contributed by atoms with Crippen molar-refractivity contribution in [2.24, 2.45) is 5.16 Å². The van der Waals surface area contributed by atoms with Crippen molar-refractivity contribution in [2.75, 3.05) is 26.2 Å². The molecule has 1 rings (SSSR count). The fraction of sp³-hybridized carbons (Fsp3) is 0.818. The number of amides is 1. The van der Waals surface area contributed by atoms with Gasteiger partial charge in [-0.2, -0.15) is 0 Å². The molecule has 92 valence electrons. The number of hydrogen-bond donors (Lipinski definition) is 2. The number of oxime groups is 1. The third-order valence-corrected chi connectivity index (χ3v) is 2.85. The molecule has 1 fully saturated rings. The second kappa shape index (κ2) is 8.10. The Bertz CT molecular complexity index is 223. The molecule has 0 radical (unpaired) electrons. The van der Waals surface area contributed by atoms with E-state index < -0.39 is 0 Å². The van der Waals surface area contributed by atoms with E-state index in [0.717, 1.165) is 25.8 Å². The number of nitrogens with zero attached hydrogens (tertiary/aromatic N) is 2. The largest absolute Gasteiger partial charge is 0.411 e. The van der Waals surface area contributed by atoms with E-state index in [4.69, 9.17) is 5.21 Å². The Kier molecular flexibility index (Phi) is 6.56. The quantitative estimate of drug-likeness (QED) is 0.425. The SMILES string of the molecule is O=C(/C=N\O)NCCN1CCCCCCC1. The highest BCUT2D eigenvalue weighted by Gasteiger charge is 2.07.